The minimum absolute atomic E-state index is 0.190. The average Bonchev–Trinajstić information content (AvgIpc) is 3.17. The number of carbonyl (C=O) groups excluding carboxylic acids is 1. The first kappa shape index (κ1) is 17.3. The lowest BCUT2D eigenvalue weighted by Crippen LogP contribution is -2.38. The molecule has 1 atom stereocenters. The van der Waals surface area contributed by atoms with E-state index >= 15 is 0 Å². The van der Waals surface area contributed by atoms with Gasteiger partial charge in [0.05, 0.1) is 5.69 Å². The Balaban J connectivity index is 1.33. The van der Waals surface area contributed by atoms with Gasteiger partial charge in [-0.3, -0.25) is 0 Å². The molecule has 8 heteroatoms. The number of urea groups is 1. The van der Waals surface area contributed by atoms with E-state index in [0.29, 0.717) is 18.4 Å². The maximum atomic E-state index is 12.4. The summed E-state index contributed by atoms with van der Waals surface area (Å²) in [4.78, 5) is 18.5. The van der Waals surface area contributed by atoms with E-state index in [1.807, 2.05) is 43.5 Å². The minimum atomic E-state index is -0.331. The van der Waals surface area contributed by atoms with Crippen molar-refractivity contribution in [1.29, 1.82) is 0 Å². The quantitative estimate of drug-likeness (QED) is 0.724. The maximum absolute atomic E-state index is 12.4. The lowest BCUT2D eigenvalue weighted by molar-refractivity contribution is 0.200. The number of benzene rings is 1. The second kappa shape index (κ2) is 7.22. The second-order valence-electron chi connectivity index (χ2n) is 6.91. The van der Waals surface area contributed by atoms with Crippen molar-refractivity contribution in [2.45, 2.75) is 38.3 Å². The third-order valence-electron chi connectivity index (χ3n) is 4.58. The number of nitrogens with zero attached hydrogens (tertiary/aromatic N) is 5. The van der Waals surface area contributed by atoms with E-state index in [1.54, 1.807) is 22.8 Å². The summed E-state index contributed by atoms with van der Waals surface area (Å²) in [7, 11) is 1.76. The first-order valence-corrected chi connectivity index (χ1v) is 9.04. The first-order valence-electron chi connectivity index (χ1n) is 9.04. The first-order chi connectivity index (χ1) is 13.1. The highest BCUT2D eigenvalue weighted by Gasteiger charge is 2.30. The van der Waals surface area contributed by atoms with Gasteiger partial charge in [-0.2, -0.15) is 10.1 Å². The van der Waals surface area contributed by atoms with Crippen LogP contribution in [0.2, 0.25) is 0 Å². The zero-order valence-electron chi connectivity index (χ0n) is 15.4. The van der Waals surface area contributed by atoms with Crippen molar-refractivity contribution in [2.24, 2.45) is 0 Å². The molecule has 2 aromatic heterocycles. The van der Waals surface area contributed by atoms with Crippen LogP contribution in [-0.4, -0.2) is 37.9 Å². The Morgan fingerprint density at radius 2 is 2.15 bits per heavy atom. The molecule has 140 valence electrons. The summed E-state index contributed by atoms with van der Waals surface area (Å²) < 4.78 is 7.07. The summed E-state index contributed by atoms with van der Waals surface area (Å²) in [6.45, 7) is 2.34. The summed E-state index contributed by atoms with van der Waals surface area (Å²) in [5.74, 6) is 1.62. The van der Waals surface area contributed by atoms with Crippen LogP contribution in [0.5, 0.6) is 0 Å². The largest absolute Gasteiger partial charge is 0.337 e. The highest BCUT2D eigenvalue weighted by molar-refractivity contribution is 5.74. The normalized spacial score (nSPS) is 14.7. The van der Waals surface area contributed by atoms with Gasteiger partial charge in [-0.25, -0.2) is 9.48 Å². The van der Waals surface area contributed by atoms with Crippen molar-refractivity contribution in [3.63, 3.8) is 0 Å². The molecule has 3 aromatic rings. The summed E-state index contributed by atoms with van der Waals surface area (Å²) >= 11 is 0. The van der Waals surface area contributed by atoms with Crippen LogP contribution in [0, 0.1) is 0 Å². The Morgan fingerprint density at radius 1 is 1.37 bits per heavy atom. The molecule has 1 N–H and O–H groups in total. The number of hydrogen-bond acceptors (Lipinski definition) is 5. The lowest BCUT2D eigenvalue weighted by atomic mass is 10.2. The predicted octanol–water partition coefficient (Wildman–Crippen LogP) is 3.04. The number of aromatic nitrogens is 4. The fourth-order valence-electron chi connectivity index (χ4n) is 2.81. The molecule has 1 aromatic carbocycles. The molecule has 1 aliphatic carbocycles. The number of amides is 2. The highest BCUT2D eigenvalue weighted by Crippen LogP contribution is 2.38. The molecule has 0 bridgehead atoms. The topological polar surface area (TPSA) is 89.1 Å². The predicted molar refractivity (Wildman–Crippen MR) is 98.3 cm³/mol. The molecular weight excluding hydrogens is 344 g/mol. The lowest BCUT2D eigenvalue weighted by Gasteiger charge is -2.20. The van der Waals surface area contributed by atoms with Crippen LogP contribution in [0.15, 0.2) is 47.2 Å². The van der Waals surface area contributed by atoms with Crippen molar-refractivity contribution < 1.29 is 9.32 Å². The zero-order chi connectivity index (χ0) is 18.8. The van der Waals surface area contributed by atoms with Gasteiger partial charge >= 0.3 is 6.03 Å². The molecule has 27 heavy (non-hydrogen) atoms. The molecule has 0 radical (unpaired) electrons. The van der Waals surface area contributed by atoms with Crippen LogP contribution in [0.25, 0.3) is 5.69 Å². The molecule has 1 saturated carbocycles. The molecule has 0 aliphatic heterocycles. The van der Waals surface area contributed by atoms with Gasteiger partial charge in [-0.05, 0) is 43.5 Å². The van der Waals surface area contributed by atoms with Gasteiger partial charge in [0.25, 0.3) is 0 Å². The summed E-state index contributed by atoms with van der Waals surface area (Å²) in [5, 5.41) is 11.1. The molecule has 1 aliphatic rings. The molecule has 0 unspecified atom stereocenters. The molecule has 4 rings (SSSR count). The van der Waals surface area contributed by atoms with Crippen LogP contribution in [0.4, 0.5) is 4.79 Å². The van der Waals surface area contributed by atoms with Gasteiger partial charge in [-0.1, -0.05) is 17.3 Å². The molecule has 0 saturated heterocycles. The van der Waals surface area contributed by atoms with Crippen LogP contribution >= 0.6 is 0 Å². The van der Waals surface area contributed by atoms with E-state index in [4.69, 9.17) is 4.52 Å². The number of carbonyl (C=O) groups is 1. The SMILES string of the molecule is C[C@H](NC(=O)N(C)Cc1ccc(-n2cccn2)cc1)c1nc(C2CC2)no1. The number of hydrogen-bond donors (Lipinski definition) is 1. The average molecular weight is 366 g/mol. The standard InChI is InChI=1S/C19H22N6O2/c1-13(18-22-17(23-27-18)15-6-7-15)21-19(26)24(2)12-14-4-8-16(9-5-14)25-11-3-10-20-25/h3-5,8-11,13,15H,6-7,12H2,1-2H3,(H,21,26)/t13-/m0/s1. The van der Waals surface area contributed by atoms with Crippen molar-refractivity contribution in [3.8, 4) is 5.69 Å². The molecular formula is C19H22N6O2. The van der Waals surface area contributed by atoms with Crippen molar-refractivity contribution in [3.05, 3.63) is 60.0 Å². The van der Waals surface area contributed by atoms with E-state index in [9.17, 15) is 4.79 Å². The molecule has 0 spiro atoms. The van der Waals surface area contributed by atoms with Gasteiger partial charge < -0.3 is 14.7 Å². The van der Waals surface area contributed by atoms with Crippen LogP contribution in [-0.2, 0) is 6.54 Å². The Morgan fingerprint density at radius 3 is 2.81 bits per heavy atom. The monoisotopic (exact) mass is 366 g/mol. The summed E-state index contributed by atoms with van der Waals surface area (Å²) in [5.41, 5.74) is 2.01. The number of nitrogens with one attached hydrogen (secondary N) is 1. The van der Waals surface area contributed by atoms with E-state index in [2.05, 4.69) is 20.6 Å². The minimum Gasteiger partial charge on any atom is -0.337 e. The van der Waals surface area contributed by atoms with Gasteiger partial charge in [0, 0.05) is 31.9 Å². The van der Waals surface area contributed by atoms with Crippen molar-refractivity contribution in [1.82, 2.24) is 30.1 Å². The third-order valence-corrected chi connectivity index (χ3v) is 4.58. The van der Waals surface area contributed by atoms with Crippen LogP contribution in [0.3, 0.4) is 0 Å². The van der Waals surface area contributed by atoms with Crippen LogP contribution in [0.1, 0.15) is 49.0 Å². The Bertz CT molecular complexity index is 899. The fraction of sp³-hybridized carbons (Fsp3) is 0.368. The van der Waals surface area contributed by atoms with Gasteiger partial charge in [0.2, 0.25) is 5.89 Å². The molecule has 1 fully saturated rings. The van der Waals surface area contributed by atoms with Crippen LogP contribution < -0.4 is 5.32 Å². The Hall–Kier alpha value is -3.16. The molecule has 8 nitrogen and oxygen atoms in total. The van der Waals surface area contributed by atoms with E-state index in [-0.39, 0.29) is 12.1 Å². The number of rotatable bonds is 6. The zero-order valence-corrected chi connectivity index (χ0v) is 15.4. The Labute approximate surface area is 157 Å². The Kier molecular flexibility index (Phi) is 4.62. The third kappa shape index (κ3) is 3.99. The van der Waals surface area contributed by atoms with E-state index < -0.39 is 0 Å². The van der Waals surface area contributed by atoms with E-state index in [1.165, 1.54) is 0 Å². The highest BCUT2D eigenvalue weighted by atomic mass is 16.5. The smallest absolute Gasteiger partial charge is 0.318 e. The van der Waals surface area contributed by atoms with Gasteiger partial charge in [0.15, 0.2) is 5.82 Å². The second-order valence-corrected chi connectivity index (χ2v) is 6.91. The van der Waals surface area contributed by atoms with Gasteiger partial charge in [0.1, 0.15) is 6.04 Å². The molecule has 2 heterocycles. The fourth-order valence-corrected chi connectivity index (χ4v) is 2.81. The maximum Gasteiger partial charge on any atom is 0.318 e. The van der Waals surface area contributed by atoms with Crippen molar-refractivity contribution in [2.75, 3.05) is 7.05 Å². The van der Waals surface area contributed by atoms with Crippen molar-refractivity contribution >= 4 is 6.03 Å². The van der Waals surface area contributed by atoms with E-state index in [0.717, 1.165) is 29.9 Å². The summed E-state index contributed by atoms with van der Waals surface area (Å²) in [6.07, 6.45) is 5.86. The summed E-state index contributed by atoms with van der Waals surface area (Å²) in [6, 6.07) is 9.30. The van der Waals surface area contributed by atoms with Gasteiger partial charge in [-0.15, -0.1) is 0 Å². The molecule has 2 amide bonds.